The van der Waals surface area contributed by atoms with Crippen LogP contribution >= 0.6 is 0 Å². The van der Waals surface area contributed by atoms with Crippen molar-refractivity contribution in [3.63, 3.8) is 0 Å². The van der Waals surface area contributed by atoms with Gasteiger partial charge in [-0.3, -0.25) is 0 Å². The summed E-state index contributed by atoms with van der Waals surface area (Å²) in [4.78, 5) is 0. The number of hydrogen-bond donors (Lipinski definition) is 1. The summed E-state index contributed by atoms with van der Waals surface area (Å²) in [7, 11) is 0. The Morgan fingerprint density at radius 2 is 0.846 bits per heavy atom. The van der Waals surface area contributed by atoms with Gasteiger partial charge in [-0.15, -0.1) is 0 Å². The van der Waals surface area contributed by atoms with Crippen LogP contribution in [0, 0.1) is 0 Å². The Balaban J connectivity index is 0.000000228. The molecule has 0 heterocycles. The monoisotopic (exact) mass is 552 g/mol. The first kappa shape index (κ1) is 20.8. The zero-order valence-electron chi connectivity index (χ0n) is 13.5. The van der Waals surface area contributed by atoms with E-state index in [4.69, 9.17) is 7.09 Å². The van der Waals surface area contributed by atoms with Crippen molar-refractivity contribution in [3.05, 3.63) is 91.0 Å². The van der Waals surface area contributed by atoms with Crippen LogP contribution < -0.4 is 13.4 Å². The van der Waals surface area contributed by atoms with Crippen LogP contribution in [0.25, 0.3) is 0 Å². The second-order valence-corrected chi connectivity index (χ2v) is 12.5. The van der Waals surface area contributed by atoms with Crippen LogP contribution in [0.15, 0.2) is 91.0 Å². The third-order valence-electron chi connectivity index (χ3n) is 2.94. The van der Waals surface area contributed by atoms with Gasteiger partial charge in [0.1, 0.15) is 0 Å². The maximum atomic E-state index is 11.8. The first-order chi connectivity index (χ1) is 12.6. The van der Waals surface area contributed by atoms with Crippen LogP contribution in [-0.2, 0) is 14.4 Å². The molecule has 0 bridgehead atoms. The minimum atomic E-state index is -2.66. The first-order valence-corrected chi connectivity index (χ1v) is 14.2. The predicted octanol–water partition coefficient (Wildman–Crippen LogP) is 0.459. The molecule has 0 amide bonds. The molecule has 3 aromatic rings. The number of hydrogen-bond acceptors (Lipinski definition) is 4. The van der Waals surface area contributed by atoms with Crippen molar-refractivity contribution >= 4 is 55.9 Å². The molecule has 1 atom stereocenters. The SMILES string of the molecule is O=[Se](O)c1ccccc1.O=[Se](O[Se](=O)c1ccccc1)c1ccccc1. The van der Waals surface area contributed by atoms with E-state index in [-0.39, 0.29) is 0 Å². The second kappa shape index (κ2) is 11.3. The fourth-order valence-corrected chi connectivity index (χ4v) is 7.65. The summed E-state index contributed by atoms with van der Waals surface area (Å²) in [6.45, 7) is 0. The Hall–Kier alpha value is -1.46. The third-order valence-corrected chi connectivity index (χ3v) is 10.3. The summed E-state index contributed by atoms with van der Waals surface area (Å²) in [6.07, 6.45) is 0. The van der Waals surface area contributed by atoms with Crippen LogP contribution in [0.5, 0.6) is 0 Å². The normalized spacial score (nSPS) is 13.7. The van der Waals surface area contributed by atoms with E-state index in [1.807, 2.05) is 18.2 Å². The van der Waals surface area contributed by atoms with Gasteiger partial charge in [-0.25, -0.2) is 0 Å². The van der Waals surface area contributed by atoms with Crippen LogP contribution in [0.2, 0.25) is 0 Å². The fraction of sp³-hybridized carbons (Fsp3) is 0. The molecule has 136 valence electrons. The van der Waals surface area contributed by atoms with Crippen LogP contribution in [0.1, 0.15) is 0 Å². The van der Waals surface area contributed by atoms with Gasteiger partial charge in [-0.1, -0.05) is 0 Å². The van der Waals surface area contributed by atoms with Crippen molar-refractivity contribution in [1.29, 1.82) is 0 Å². The molecule has 3 rings (SSSR count). The van der Waals surface area contributed by atoms with Crippen LogP contribution in [0.4, 0.5) is 0 Å². The Kier molecular flexibility index (Phi) is 9.05. The quantitative estimate of drug-likeness (QED) is 0.469. The Labute approximate surface area is 164 Å². The molecule has 0 aromatic heterocycles. The van der Waals surface area contributed by atoms with Gasteiger partial charge >= 0.3 is 165 Å². The Morgan fingerprint density at radius 3 is 1.12 bits per heavy atom. The van der Waals surface area contributed by atoms with Gasteiger partial charge in [0.05, 0.1) is 0 Å². The molecular weight excluding hydrogens is 533 g/mol. The summed E-state index contributed by atoms with van der Waals surface area (Å²) < 4.78 is 49.6. The second-order valence-electron chi connectivity index (χ2n) is 4.73. The van der Waals surface area contributed by atoms with E-state index < -0.39 is 42.5 Å². The van der Waals surface area contributed by atoms with E-state index in [1.165, 1.54) is 0 Å². The minimum absolute atomic E-state index is 0.539. The standard InChI is InChI=1S/C12H10O3Se2.C6H6O2Se/c13-16(11-7-3-1-4-8-11)15-17(14)12-9-5-2-6-10-12;7-9(8)6-4-2-1-3-5-6/h1-10H;1-5H,(H,7,8). The van der Waals surface area contributed by atoms with E-state index >= 15 is 0 Å². The van der Waals surface area contributed by atoms with Gasteiger partial charge < -0.3 is 0 Å². The first-order valence-electron chi connectivity index (χ1n) is 7.36. The molecule has 0 spiro atoms. The maximum absolute atomic E-state index is 11.8. The topological polar surface area (TPSA) is 80.7 Å². The predicted molar refractivity (Wildman–Crippen MR) is 101 cm³/mol. The molecule has 8 heteroatoms. The molecule has 0 saturated carbocycles. The van der Waals surface area contributed by atoms with Gasteiger partial charge in [0.2, 0.25) is 0 Å². The van der Waals surface area contributed by atoms with Crippen molar-refractivity contribution in [3.8, 4) is 0 Å². The van der Waals surface area contributed by atoms with Gasteiger partial charge in [-0.2, -0.15) is 0 Å². The molecule has 3 aromatic carbocycles. The molecule has 5 nitrogen and oxygen atoms in total. The number of benzene rings is 3. The summed E-state index contributed by atoms with van der Waals surface area (Å²) in [5.41, 5.74) is 0. The summed E-state index contributed by atoms with van der Waals surface area (Å²) >= 11 is -7.97. The van der Waals surface area contributed by atoms with E-state index in [2.05, 4.69) is 0 Å². The Bertz CT molecular complexity index is 822. The van der Waals surface area contributed by atoms with E-state index in [0.717, 1.165) is 0 Å². The molecule has 0 aliphatic carbocycles. The van der Waals surface area contributed by atoms with E-state index in [1.54, 1.807) is 72.8 Å². The van der Waals surface area contributed by atoms with Crippen molar-refractivity contribution in [2.75, 3.05) is 0 Å². The number of rotatable bonds is 5. The summed E-state index contributed by atoms with van der Waals surface area (Å²) in [6, 6.07) is 26.3. The average Bonchev–Trinajstić information content (AvgIpc) is 2.70. The van der Waals surface area contributed by atoms with Crippen molar-refractivity contribution < 1.29 is 18.6 Å². The molecule has 0 aliphatic rings. The average molecular weight is 549 g/mol. The third kappa shape index (κ3) is 7.04. The molecular formula is C18H16O5Se3. The van der Waals surface area contributed by atoms with Crippen LogP contribution in [-0.4, -0.2) is 46.7 Å². The molecule has 1 unspecified atom stereocenters. The Morgan fingerprint density at radius 1 is 0.538 bits per heavy atom. The van der Waals surface area contributed by atoms with Gasteiger partial charge in [-0.05, 0) is 0 Å². The van der Waals surface area contributed by atoms with Gasteiger partial charge in [0.15, 0.2) is 0 Å². The molecule has 0 fully saturated rings. The molecule has 0 saturated heterocycles. The van der Waals surface area contributed by atoms with Gasteiger partial charge in [0, 0.05) is 0 Å². The van der Waals surface area contributed by atoms with Crippen molar-refractivity contribution in [1.82, 2.24) is 0 Å². The van der Waals surface area contributed by atoms with Gasteiger partial charge in [0.25, 0.3) is 0 Å². The fourth-order valence-electron chi connectivity index (χ4n) is 1.73. The van der Waals surface area contributed by atoms with Crippen molar-refractivity contribution in [2.45, 2.75) is 0 Å². The zero-order chi connectivity index (χ0) is 18.8. The molecule has 26 heavy (non-hydrogen) atoms. The van der Waals surface area contributed by atoms with E-state index in [9.17, 15) is 11.5 Å². The molecule has 0 aliphatic heterocycles. The summed E-state index contributed by atoms with van der Waals surface area (Å²) in [5, 5.41) is 0. The summed E-state index contributed by atoms with van der Waals surface area (Å²) in [5.74, 6) is 0. The van der Waals surface area contributed by atoms with E-state index in [0.29, 0.717) is 13.4 Å². The van der Waals surface area contributed by atoms with Crippen molar-refractivity contribution in [2.24, 2.45) is 0 Å². The van der Waals surface area contributed by atoms with Crippen LogP contribution in [0.3, 0.4) is 0 Å². The zero-order valence-corrected chi connectivity index (χ0v) is 18.6. The molecule has 1 N–H and O–H groups in total. The molecule has 0 radical (unpaired) electrons.